The van der Waals surface area contributed by atoms with Crippen LogP contribution in [0.15, 0.2) is 5.16 Å². The maximum absolute atomic E-state index is 11.6. The Labute approximate surface area is 126 Å². The molecular weight excluding hydrogens is 298 g/mol. The largest absolute Gasteiger partial charge is 0.438 e. The number of amides is 1. The van der Waals surface area contributed by atoms with Crippen molar-refractivity contribution in [1.82, 2.24) is 0 Å². The second-order valence-corrected chi connectivity index (χ2v) is 5.89. The molecule has 5 nitrogen and oxygen atoms in total. The molecule has 7 heteroatoms. The Kier molecular flexibility index (Phi) is 4.99. The number of carbonyl (C=O) groups is 1. The number of aryl methyl sites for hydroxylation is 1. The third-order valence-electron chi connectivity index (χ3n) is 3.02. The molecule has 20 heavy (non-hydrogen) atoms. The Morgan fingerprint density at radius 2 is 2.30 bits per heavy atom. The first-order valence-corrected chi connectivity index (χ1v) is 7.60. The normalized spacial score (nSPS) is 14.3. The summed E-state index contributed by atoms with van der Waals surface area (Å²) < 4.78 is 0. The average Bonchev–Trinajstić information content (AvgIpc) is 2.81. The van der Waals surface area contributed by atoms with E-state index in [-0.39, 0.29) is 5.17 Å². The number of oxime groups is 1. The maximum atomic E-state index is 11.6. The van der Waals surface area contributed by atoms with Crippen molar-refractivity contribution in [2.24, 2.45) is 5.16 Å². The molecule has 1 amide bonds. The van der Waals surface area contributed by atoms with Gasteiger partial charge in [0.15, 0.2) is 0 Å². The molecule has 0 fully saturated rings. The van der Waals surface area contributed by atoms with Crippen LogP contribution < -0.4 is 5.32 Å². The van der Waals surface area contributed by atoms with Crippen molar-refractivity contribution >= 4 is 39.2 Å². The van der Waals surface area contributed by atoms with Crippen molar-refractivity contribution in [3.63, 3.8) is 0 Å². The molecule has 0 aliphatic heterocycles. The van der Waals surface area contributed by atoms with Gasteiger partial charge in [0.2, 0.25) is 0 Å². The third-order valence-corrected chi connectivity index (χ3v) is 4.56. The number of fused-ring (bicyclic) bond motifs is 1. The summed E-state index contributed by atoms with van der Waals surface area (Å²) in [7, 11) is 0. The predicted molar refractivity (Wildman–Crippen MR) is 79.4 cm³/mol. The number of anilines is 1. The minimum atomic E-state index is -0.730. The van der Waals surface area contributed by atoms with Gasteiger partial charge in [0, 0.05) is 11.3 Å². The van der Waals surface area contributed by atoms with Crippen LogP contribution in [0.1, 0.15) is 42.2 Å². The minimum absolute atomic E-state index is 0.214. The number of hydrogen-bond acceptors (Lipinski definition) is 5. The molecule has 106 valence electrons. The van der Waals surface area contributed by atoms with Crippen molar-refractivity contribution in [1.29, 1.82) is 5.26 Å². The molecule has 0 spiro atoms. The van der Waals surface area contributed by atoms with Gasteiger partial charge in [-0.25, -0.2) is 4.79 Å². The van der Waals surface area contributed by atoms with E-state index in [0.717, 1.165) is 31.2 Å². The van der Waals surface area contributed by atoms with Crippen LogP contribution in [0.5, 0.6) is 0 Å². The molecular formula is C13H14ClN3O2S. The van der Waals surface area contributed by atoms with E-state index in [9.17, 15) is 10.1 Å². The Morgan fingerprint density at radius 1 is 1.55 bits per heavy atom. The lowest BCUT2D eigenvalue weighted by atomic mass is 9.96. The molecule has 0 bridgehead atoms. The number of nitrogens with zero attached hydrogens (tertiary/aromatic N) is 2. The molecule has 1 aromatic heterocycles. The van der Waals surface area contributed by atoms with Crippen LogP contribution >= 0.6 is 22.9 Å². The van der Waals surface area contributed by atoms with Gasteiger partial charge in [-0.2, -0.15) is 5.26 Å². The summed E-state index contributed by atoms with van der Waals surface area (Å²) in [6.45, 7) is 1.80. The Bertz CT molecular complexity index is 589. The topological polar surface area (TPSA) is 74.5 Å². The van der Waals surface area contributed by atoms with Gasteiger partial charge in [-0.05, 0) is 31.2 Å². The predicted octanol–water partition coefficient (Wildman–Crippen LogP) is 4.01. The number of hydrogen-bond donors (Lipinski definition) is 1. The van der Waals surface area contributed by atoms with E-state index >= 15 is 0 Å². The minimum Gasteiger partial charge on any atom is -0.297 e. The van der Waals surface area contributed by atoms with Gasteiger partial charge < -0.3 is 0 Å². The zero-order valence-electron chi connectivity index (χ0n) is 11.0. The molecule has 1 aliphatic rings. The first-order valence-electron chi connectivity index (χ1n) is 6.40. The van der Waals surface area contributed by atoms with Gasteiger partial charge >= 0.3 is 6.09 Å². The van der Waals surface area contributed by atoms with Crippen molar-refractivity contribution in [3.8, 4) is 6.07 Å². The summed E-state index contributed by atoms with van der Waals surface area (Å²) >= 11 is 7.09. The van der Waals surface area contributed by atoms with Crippen molar-refractivity contribution in [2.75, 3.05) is 5.32 Å². The third kappa shape index (κ3) is 3.30. The number of carbonyl (C=O) groups excluding carboxylic acids is 1. The SMILES string of the molecule is CCC(Cl)=NOC(=O)Nc1sc2c(c1C#N)CCCC2. The monoisotopic (exact) mass is 311 g/mol. The number of halogens is 1. The highest BCUT2D eigenvalue weighted by atomic mass is 35.5. The smallest absolute Gasteiger partial charge is 0.297 e. The van der Waals surface area contributed by atoms with Crippen LogP contribution in [-0.2, 0) is 17.7 Å². The van der Waals surface area contributed by atoms with Crippen molar-refractivity contribution < 1.29 is 9.63 Å². The zero-order chi connectivity index (χ0) is 14.5. The summed E-state index contributed by atoms with van der Waals surface area (Å²) in [6.07, 6.45) is 3.83. The highest BCUT2D eigenvalue weighted by Crippen LogP contribution is 2.37. The second-order valence-electron chi connectivity index (χ2n) is 4.35. The molecule has 2 rings (SSSR count). The summed E-state index contributed by atoms with van der Waals surface area (Å²) in [6, 6.07) is 2.16. The van der Waals surface area contributed by atoms with Crippen molar-refractivity contribution in [3.05, 3.63) is 16.0 Å². The van der Waals surface area contributed by atoms with Gasteiger partial charge in [-0.1, -0.05) is 23.7 Å². The first kappa shape index (κ1) is 14.8. The van der Waals surface area contributed by atoms with Crippen LogP contribution in [0.4, 0.5) is 9.80 Å². The molecule has 0 aromatic carbocycles. The van der Waals surface area contributed by atoms with E-state index in [1.807, 2.05) is 0 Å². The van der Waals surface area contributed by atoms with E-state index in [0.29, 0.717) is 17.0 Å². The molecule has 0 atom stereocenters. The van der Waals surface area contributed by atoms with Crippen molar-refractivity contribution in [2.45, 2.75) is 39.0 Å². The lowest BCUT2D eigenvalue weighted by Crippen LogP contribution is -2.11. The van der Waals surface area contributed by atoms with E-state index in [4.69, 9.17) is 11.6 Å². The number of rotatable bonds is 3. The average molecular weight is 312 g/mol. The fourth-order valence-corrected chi connectivity index (χ4v) is 3.30. The molecule has 1 heterocycles. The zero-order valence-corrected chi connectivity index (χ0v) is 12.6. The standard InChI is InChI=1S/C13H14ClN3O2S/c1-2-11(14)17-19-13(18)16-12-9(7-15)8-5-3-4-6-10(8)20-12/h2-6H2,1H3,(H,16,18). The fraction of sp³-hybridized carbons (Fsp3) is 0.462. The molecule has 0 radical (unpaired) electrons. The highest BCUT2D eigenvalue weighted by molar-refractivity contribution is 7.16. The van der Waals surface area contributed by atoms with E-state index in [1.165, 1.54) is 16.2 Å². The van der Waals surface area contributed by atoms with Crippen LogP contribution in [0, 0.1) is 11.3 Å². The molecule has 1 N–H and O–H groups in total. The number of nitrogens with one attached hydrogen (secondary N) is 1. The first-order chi connectivity index (χ1) is 9.65. The molecule has 0 saturated heterocycles. The van der Waals surface area contributed by atoms with Gasteiger partial charge in [0.25, 0.3) is 0 Å². The molecule has 0 unspecified atom stereocenters. The maximum Gasteiger partial charge on any atom is 0.438 e. The second kappa shape index (κ2) is 6.73. The Balaban J connectivity index is 2.12. The summed E-state index contributed by atoms with van der Waals surface area (Å²) in [5.74, 6) is 0. The Hall–Kier alpha value is -1.58. The van der Waals surface area contributed by atoms with Gasteiger partial charge in [0.1, 0.15) is 16.2 Å². The Morgan fingerprint density at radius 3 is 3.00 bits per heavy atom. The van der Waals surface area contributed by atoms with Gasteiger partial charge in [-0.3, -0.25) is 10.2 Å². The fourth-order valence-electron chi connectivity index (χ4n) is 2.04. The molecule has 1 aliphatic carbocycles. The lowest BCUT2D eigenvalue weighted by molar-refractivity contribution is 0.166. The van der Waals surface area contributed by atoms with E-state index < -0.39 is 6.09 Å². The summed E-state index contributed by atoms with van der Waals surface area (Å²) in [5, 5.41) is 16.0. The molecule has 1 aromatic rings. The van der Waals surface area contributed by atoms with Crippen LogP contribution in [0.25, 0.3) is 0 Å². The summed E-state index contributed by atoms with van der Waals surface area (Å²) in [4.78, 5) is 17.4. The number of nitriles is 1. The van der Waals surface area contributed by atoms with E-state index in [1.54, 1.807) is 6.92 Å². The molecule has 0 saturated carbocycles. The van der Waals surface area contributed by atoms with E-state index in [2.05, 4.69) is 21.4 Å². The summed E-state index contributed by atoms with van der Waals surface area (Å²) in [5.41, 5.74) is 1.61. The quantitative estimate of drug-likeness (QED) is 0.520. The lowest BCUT2D eigenvalue weighted by Gasteiger charge is -2.09. The van der Waals surface area contributed by atoms with Crippen LogP contribution in [0.3, 0.4) is 0 Å². The van der Waals surface area contributed by atoms with Crippen LogP contribution in [-0.4, -0.2) is 11.3 Å². The van der Waals surface area contributed by atoms with Crippen LogP contribution in [0.2, 0.25) is 0 Å². The number of thiophene rings is 1. The van der Waals surface area contributed by atoms with Gasteiger partial charge in [0.05, 0.1) is 5.56 Å². The highest BCUT2D eigenvalue weighted by Gasteiger charge is 2.22. The van der Waals surface area contributed by atoms with Gasteiger partial charge in [-0.15, -0.1) is 11.3 Å².